The van der Waals surface area contributed by atoms with Gasteiger partial charge in [-0.3, -0.25) is 9.69 Å². The first-order valence-electron chi connectivity index (χ1n) is 7.46. The van der Waals surface area contributed by atoms with Crippen LogP contribution in [0.3, 0.4) is 0 Å². The molecule has 0 atom stereocenters. The molecule has 1 aliphatic heterocycles. The quantitative estimate of drug-likeness (QED) is 0.915. The van der Waals surface area contributed by atoms with E-state index in [9.17, 15) is 4.79 Å². The Hall–Kier alpha value is -2.18. The Balaban J connectivity index is 1.54. The van der Waals surface area contributed by atoms with Crippen LogP contribution in [0.4, 0.5) is 0 Å². The maximum atomic E-state index is 12.5. The molecule has 6 heteroatoms. The SMILES string of the molecule is NCc1ccc(C(=O)N2CCN(Cc3ccon3)CC2)cc1. The molecule has 1 saturated heterocycles. The zero-order chi connectivity index (χ0) is 15.4. The Labute approximate surface area is 129 Å². The second-order valence-electron chi connectivity index (χ2n) is 5.46. The molecule has 1 aliphatic rings. The number of carbonyl (C=O) groups excluding carboxylic acids is 1. The highest BCUT2D eigenvalue weighted by atomic mass is 16.5. The first kappa shape index (κ1) is 14.7. The zero-order valence-electron chi connectivity index (χ0n) is 12.4. The van der Waals surface area contributed by atoms with Crippen LogP contribution in [-0.2, 0) is 13.1 Å². The first-order chi connectivity index (χ1) is 10.8. The predicted molar refractivity (Wildman–Crippen MR) is 82.0 cm³/mol. The fourth-order valence-electron chi connectivity index (χ4n) is 2.62. The van der Waals surface area contributed by atoms with E-state index < -0.39 is 0 Å². The molecule has 3 rings (SSSR count). The van der Waals surface area contributed by atoms with E-state index in [2.05, 4.69) is 10.1 Å². The van der Waals surface area contributed by atoms with E-state index >= 15 is 0 Å². The van der Waals surface area contributed by atoms with Gasteiger partial charge in [-0.25, -0.2) is 0 Å². The lowest BCUT2D eigenvalue weighted by molar-refractivity contribution is 0.0625. The van der Waals surface area contributed by atoms with Crippen molar-refractivity contribution in [3.8, 4) is 0 Å². The van der Waals surface area contributed by atoms with Gasteiger partial charge in [-0.15, -0.1) is 0 Å². The highest BCUT2D eigenvalue weighted by molar-refractivity contribution is 5.94. The van der Waals surface area contributed by atoms with Gasteiger partial charge in [0.15, 0.2) is 0 Å². The van der Waals surface area contributed by atoms with E-state index in [1.807, 2.05) is 35.2 Å². The van der Waals surface area contributed by atoms with Crippen LogP contribution in [0.2, 0.25) is 0 Å². The van der Waals surface area contributed by atoms with Crippen molar-refractivity contribution in [2.24, 2.45) is 5.73 Å². The number of nitrogens with zero attached hydrogens (tertiary/aromatic N) is 3. The summed E-state index contributed by atoms with van der Waals surface area (Å²) in [5.41, 5.74) is 8.27. The van der Waals surface area contributed by atoms with Gasteiger partial charge in [0.05, 0.1) is 5.69 Å². The molecule has 0 aliphatic carbocycles. The molecular formula is C16H20N4O2. The molecule has 0 spiro atoms. The maximum absolute atomic E-state index is 12.5. The van der Waals surface area contributed by atoms with Gasteiger partial charge in [0, 0.05) is 50.9 Å². The average Bonchev–Trinajstić information content (AvgIpc) is 3.08. The third-order valence-corrected chi connectivity index (χ3v) is 3.97. The number of nitrogens with two attached hydrogens (primary N) is 1. The number of piperazine rings is 1. The lowest BCUT2D eigenvalue weighted by Crippen LogP contribution is -2.48. The van der Waals surface area contributed by atoms with E-state index in [1.165, 1.54) is 0 Å². The molecule has 2 heterocycles. The summed E-state index contributed by atoms with van der Waals surface area (Å²) in [5, 5.41) is 3.92. The van der Waals surface area contributed by atoms with E-state index in [-0.39, 0.29) is 5.91 Å². The van der Waals surface area contributed by atoms with Crippen LogP contribution in [0.5, 0.6) is 0 Å². The summed E-state index contributed by atoms with van der Waals surface area (Å²) in [7, 11) is 0. The van der Waals surface area contributed by atoms with Gasteiger partial charge in [-0.05, 0) is 17.7 Å². The summed E-state index contributed by atoms with van der Waals surface area (Å²) < 4.78 is 4.84. The van der Waals surface area contributed by atoms with Crippen LogP contribution >= 0.6 is 0 Å². The third-order valence-electron chi connectivity index (χ3n) is 3.97. The fourth-order valence-corrected chi connectivity index (χ4v) is 2.62. The average molecular weight is 300 g/mol. The zero-order valence-corrected chi connectivity index (χ0v) is 12.4. The van der Waals surface area contributed by atoms with Crippen molar-refractivity contribution in [3.05, 3.63) is 53.4 Å². The molecule has 2 aromatic rings. The highest BCUT2D eigenvalue weighted by Gasteiger charge is 2.22. The van der Waals surface area contributed by atoms with E-state index in [4.69, 9.17) is 10.3 Å². The van der Waals surface area contributed by atoms with Gasteiger partial charge in [0.2, 0.25) is 0 Å². The standard InChI is InChI=1S/C16H20N4O2/c17-11-13-1-3-14(4-2-13)16(21)20-8-6-19(7-9-20)12-15-5-10-22-18-15/h1-5,10H,6-9,11-12,17H2. The normalized spacial score (nSPS) is 16.0. The van der Waals surface area contributed by atoms with Gasteiger partial charge in [-0.1, -0.05) is 17.3 Å². The summed E-state index contributed by atoms with van der Waals surface area (Å²) in [6.45, 7) is 4.42. The van der Waals surface area contributed by atoms with Gasteiger partial charge >= 0.3 is 0 Å². The van der Waals surface area contributed by atoms with E-state index in [0.29, 0.717) is 6.54 Å². The molecule has 1 aromatic carbocycles. The molecule has 1 fully saturated rings. The van der Waals surface area contributed by atoms with Crippen molar-refractivity contribution in [1.82, 2.24) is 15.0 Å². The van der Waals surface area contributed by atoms with Crippen molar-refractivity contribution in [1.29, 1.82) is 0 Å². The van der Waals surface area contributed by atoms with E-state index in [1.54, 1.807) is 6.26 Å². The number of amides is 1. The molecule has 6 nitrogen and oxygen atoms in total. The topological polar surface area (TPSA) is 75.6 Å². The molecule has 22 heavy (non-hydrogen) atoms. The second kappa shape index (κ2) is 6.72. The molecule has 0 unspecified atom stereocenters. The minimum absolute atomic E-state index is 0.0876. The Kier molecular flexibility index (Phi) is 4.50. The van der Waals surface area contributed by atoms with Crippen molar-refractivity contribution in [2.45, 2.75) is 13.1 Å². The summed E-state index contributed by atoms with van der Waals surface area (Å²) in [6.07, 6.45) is 1.58. The Morgan fingerprint density at radius 3 is 2.45 bits per heavy atom. The lowest BCUT2D eigenvalue weighted by atomic mass is 10.1. The molecule has 2 N–H and O–H groups in total. The molecule has 1 aromatic heterocycles. The maximum Gasteiger partial charge on any atom is 0.253 e. The first-order valence-corrected chi connectivity index (χ1v) is 7.46. The largest absolute Gasteiger partial charge is 0.364 e. The van der Waals surface area contributed by atoms with Crippen LogP contribution in [0, 0.1) is 0 Å². The van der Waals surface area contributed by atoms with Crippen LogP contribution in [0.1, 0.15) is 21.6 Å². The third kappa shape index (κ3) is 3.35. The van der Waals surface area contributed by atoms with E-state index in [0.717, 1.165) is 49.5 Å². The van der Waals surface area contributed by atoms with Crippen molar-refractivity contribution >= 4 is 5.91 Å². The summed E-state index contributed by atoms with van der Waals surface area (Å²) in [4.78, 5) is 16.6. The molecule has 1 amide bonds. The Morgan fingerprint density at radius 1 is 1.14 bits per heavy atom. The number of aromatic nitrogens is 1. The van der Waals surface area contributed by atoms with Crippen LogP contribution in [0.25, 0.3) is 0 Å². The fraction of sp³-hybridized carbons (Fsp3) is 0.375. The molecular weight excluding hydrogens is 280 g/mol. The highest BCUT2D eigenvalue weighted by Crippen LogP contribution is 2.12. The lowest BCUT2D eigenvalue weighted by Gasteiger charge is -2.34. The number of carbonyl (C=O) groups is 1. The van der Waals surface area contributed by atoms with Crippen molar-refractivity contribution < 1.29 is 9.32 Å². The summed E-state index contributed by atoms with van der Waals surface area (Å²) in [6, 6.07) is 9.40. The van der Waals surface area contributed by atoms with Crippen molar-refractivity contribution in [2.75, 3.05) is 26.2 Å². The number of hydrogen-bond donors (Lipinski definition) is 1. The number of hydrogen-bond acceptors (Lipinski definition) is 5. The van der Waals surface area contributed by atoms with Gasteiger partial charge < -0.3 is 15.2 Å². The smallest absolute Gasteiger partial charge is 0.253 e. The summed E-state index contributed by atoms with van der Waals surface area (Å²) >= 11 is 0. The van der Waals surface area contributed by atoms with Crippen LogP contribution in [-0.4, -0.2) is 47.0 Å². The molecule has 0 saturated carbocycles. The molecule has 0 radical (unpaired) electrons. The van der Waals surface area contributed by atoms with Crippen molar-refractivity contribution in [3.63, 3.8) is 0 Å². The van der Waals surface area contributed by atoms with Crippen LogP contribution in [0.15, 0.2) is 41.1 Å². The monoisotopic (exact) mass is 300 g/mol. The van der Waals surface area contributed by atoms with Gasteiger partial charge in [0.1, 0.15) is 6.26 Å². The molecule has 116 valence electrons. The van der Waals surface area contributed by atoms with Gasteiger partial charge in [-0.2, -0.15) is 0 Å². The molecule has 0 bridgehead atoms. The number of benzene rings is 1. The second-order valence-corrected chi connectivity index (χ2v) is 5.46. The van der Waals surface area contributed by atoms with Gasteiger partial charge in [0.25, 0.3) is 5.91 Å². The minimum Gasteiger partial charge on any atom is -0.364 e. The Morgan fingerprint density at radius 2 is 1.86 bits per heavy atom. The van der Waals surface area contributed by atoms with Crippen LogP contribution < -0.4 is 5.73 Å². The Bertz CT molecular complexity index is 602. The number of rotatable bonds is 4. The predicted octanol–water partition coefficient (Wildman–Crippen LogP) is 1.09. The minimum atomic E-state index is 0.0876. The summed E-state index contributed by atoms with van der Waals surface area (Å²) in [5.74, 6) is 0.0876.